The lowest BCUT2D eigenvalue weighted by atomic mass is 10.0. The van der Waals surface area contributed by atoms with Gasteiger partial charge in [0.15, 0.2) is 0 Å². The number of carbonyl (C=O) groups excluding carboxylic acids is 1. The number of fused-ring (bicyclic) bond motifs is 1. The summed E-state index contributed by atoms with van der Waals surface area (Å²) in [6.07, 6.45) is 0.523. The number of thioether (sulfide) groups is 1. The molecule has 13 heavy (non-hydrogen) atoms. The van der Waals surface area contributed by atoms with Crippen molar-refractivity contribution in [2.75, 3.05) is 5.75 Å². The highest BCUT2D eigenvalue weighted by molar-refractivity contribution is 8.00. The number of hydrogen-bond acceptors (Lipinski definition) is 4. The summed E-state index contributed by atoms with van der Waals surface area (Å²) in [7, 11) is 0. The number of nitrogens with two attached hydrogens (primary N) is 1. The van der Waals surface area contributed by atoms with Crippen molar-refractivity contribution in [2.24, 2.45) is 5.73 Å². The van der Waals surface area contributed by atoms with Gasteiger partial charge in [-0.25, -0.2) is 4.79 Å². The number of carbonyl (C=O) groups is 2. The third kappa shape index (κ3) is 1.13. The Morgan fingerprint density at radius 2 is 2.38 bits per heavy atom. The van der Waals surface area contributed by atoms with E-state index in [1.165, 1.54) is 4.90 Å². The van der Waals surface area contributed by atoms with Crippen LogP contribution < -0.4 is 5.73 Å². The second kappa shape index (κ2) is 2.88. The van der Waals surface area contributed by atoms with Gasteiger partial charge in [0.2, 0.25) is 5.91 Å². The molecule has 2 aliphatic rings. The number of carboxylic acid groups (broad SMARTS) is 1. The lowest BCUT2D eigenvalue weighted by Crippen LogP contribution is -2.72. The van der Waals surface area contributed by atoms with Crippen LogP contribution in [0.25, 0.3) is 0 Å². The molecule has 2 rings (SSSR count). The second-order valence-corrected chi connectivity index (χ2v) is 4.40. The minimum Gasteiger partial charge on any atom is -0.480 e. The number of nitrogens with zero attached hydrogens (tertiary/aromatic N) is 1. The Labute approximate surface area is 79.3 Å². The van der Waals surface area contributed by atoms with E-state index in [4.69, 9.17) is 10.8 Å². The van der Waals surface area contributed by atoms with E-state index in [1.807, 2.05) is 0 Å². The molecule has 2 fully saturated rings. The summed E-state index contributed by atoms with van der Waals surface area (Å²) in [5.74, 6) is -0.394. The Balaban J connectivity index is 2.16. The molecule has 0 aliphatic carbocycles. The quantitative estimate of drug-likeness (QED) is 0.537. The van der Waals surface area contributed by atoms with Crippen molar-refractivity contribution >= 4 is 23.6 Å². The minimum absolute atomic E-state index is 0.109. The molecule has 0 bridgehead atoms. The molecule has 2 saturated heterocycles. The molecule has 1 amide bonds. The monoisotopic (exact) mass is 202 g/mol. The molecule has 2 aliphatic heterocycles. The summed E-state index contributed by atoms with van der Waals surface area (Å²) >= 11 is 1.56. The van der Waals surface area contributed by atoms with Crippen molar-refractivity contribution in [3.8, 4) is 0 Å². The number of carboxylic acids is 1. The van der Waals surface area contributed by atoms with E-state index in [1.54, 1.807) is 11.8 Å². The predicted octanol–water partition coefficient (Wildman–Crippen LogP) is -0.928. The molecular weight excluding hydrogens is 192 g/mol. The molecule has 6 heteroatoms. The van der Waals surface area contributed by atoms with Gasteiger partial charge in [0.25, 0.3) is 0 Å². The first-order valence-electron chi connectivity index (χ1n) is 4.05. The van der Waals surface area contributed by atoms with Crippen molar-refractivity contribution in [3.05, 3.63) is 0 Å². The van der Waals surface area contributed by atoms with Gasteiger partial charge >= 0.3 is 5.97 Å². The van der Waals surface area contributed by atoms with Gasteiger partial charge in [-0.2, -0.15) is 0 Å². The fourth-order valence-corrected chi connectivity index (χ4v) is 3.04. The molecule has 2 heterocycles. The van der Waals surface area contributed by atoms with E-state index in [2.05, 4.69) is 0 Å². The number of hydrogen-bond donors (Lipinski definition) is 2. The van der Waals surface area contributed by atoms with Gasteiger partial charge < -0.3 is 15.7 Å². The molecular formula is C7H10N2O3S. The number of rotatable bonds is 1. The summed E-state index contributed by atoms with van der Waals surface area (Å²) in [5.41, 5.74) is 5.53. The summed E-state index contributed by atoms with van der Waals surface area (Å²) in [4.78, 5) is 23.4. The van der Waals surface area contributed by atoms with Crippen molar-refractivity contribution in [2.45, 2.75) is 23.9 Å². The summed E-state index contributed by atoms with van der Waals surface area (Å²) in [6.45, 7) is 0. The number of aliphatic carboxylic acids is 1. The molecule has 0 radical (unpaired) electrons. The van der Waals surface area contributed by atoms with Crippen LogP contribution in [-0.2, 0) is 9.59 Å². The van der Waals surface area contributed by atoms with Crippen LogP contribution in [0.4, 0.5) is 0 Å². The lowest BCUT2D eigenvalue weighted by molar-refractivity contribution is -0.160. The molecule has 72 valence electrons. The molecule has 0 unspecified atom stereocenters. The third-order valence-corrected chi connectivity index (χ3v) is 3.76. The van der Waals surface area contributed by atoms with Gasteiger partial charge in [0, 0.05) is 0 Å². The minimum atomic E-state index is -0.925. The van der Waals surface area contributed by atoms with Crippen LogP contribution in [0.2, 0.25) is 0 Å². The van der Waals surface area contributed by atoms with Crippen LogP contribution in [0.3, 0.4) is 0 Å². The summed E-state index contributed by atoms with van der Waals surface area (Å²) < 4.78 is 0. The van der Waals surface area contributed by atoms with Crippen molar-refractivity contribution in [1.82, 2.24) is 4.90 Å². The van der Waals surface area contributed by atoms with Crippen LogP contribution in [0.5, 0.6) is 0 Å². The maximum Gasteiger partial charge on any atom is 0.326 e. The average Bonchev–Trinajstić information content (AvgIpc) is 2.15. The zero-order valence-electron chi connectivity index (χ0n) is 6.84. The Hall–Kier alpha value is -0.750. The van der Waals surface area contributed by atoms with E-state index < -0.39 is 18.1 Å². The zero-order chi connectivity index (χ0) is 9.59. The predicted molar refractivity (Wildman–Crippen MR) is 47.1 cm³/mol. The number of β-lactam (4-membered cyclic amide) rings is 1. The fraction of sp³-hybridized carbons (Fsp3) is 0.714. The van der Waals surface area contributed by atoms with Gasteiger partial charge in [-0.3, -0.25) is 4.79 Å². The Morgan fingerprint density at radius 3 is 3.00 bits per heavy atom. The van der Waals surface area contributed by atoms with Gasteiger partial charge in [-0.15, -0.1) is 11.8 Å². The van der Waals surface area contributed by atoms with Crippen molar-refractivity contribution in [1.29, 1.82) is 0 Å². The van der Waals surface area contributed by atoms with Crippen molar-refractivity contribution < 1.29 is 14.7 Å². The summed E-state index contributed by atoms with van der Waals surface area (Å²) in [6, 6.07) is -1.15. The van der Waals surface area contributed by atoms with E-state index in [0.29, 0.717) is 6.42 Å². The smallest absolute Gasteiger partial charge is 0.326 e. The maximum atomic E-state index is 11.2. The van der Waals surface area contributed by atoms with E-state index in [-0.39, 0.29) is 11.3 Å². The Kier molecular flexibility index (Phi) is 1.96. The van der Waals surface area contributed by atoms with Gasteiger partial charge in [-0.1, -0.05) is 0 Å². The highest BCUT2D eigenvalue weighted by Crippen LogP contribution is 2.36. The van der Waals surface area contributed by atoms with Crippen molar-refractivity contribution in [3.63, 3.8) is 0 Å². The third-order valence-electron chi connectivity index (χ3n) is 2.42. The fourth-order valence-electron chi connectivity index (χ4n) is 1.71. The van der Waals surface area contributed by atoms with Gasteiger partial charge in [0.05, 0.1) is 0 Å². The van der Waals surface area contributed by atoms with E-state index >= 15 is 0 Å². The molecule has 0 spiro atoms. The first-order chi connectivity index (χ1) is 6.13. The Morgan fingerprint density at radius 1 is 1.69 bits per heavy atom. The largest absolute Gasteiger partial charge is 0.480 e. The topological polar surface area (TPSA) is 83.6 Å². The van der Waals surface area contributed by atoms with Crippen LogP contribution in [-0.4, -0.2) is 45.1 Å². The molecule has 0 aromatic rings. The normalized spacial score (nSPS) is 38.1. The highest BCUT2D eigenvalue weighted by Gasteiger charge is 2.52. The maximum absolute atomic E-state index is 11.2. The first-order valence-corrected chi connectivity index (χ1v) is 5.10. The molecule has 3 atom stereocenters. The zero-order valence-corrected chi connectivity index (χ0v) is 7.66. The molecule has 5 nitrogen and oxygen atoms in total. The molecule has 0 aromatic carbocycles. The van der Waals surface area contributed by atoms with Crippen LogP contribution in [0.1, 0.15) is 6.42 Å². The van der Waals surface area contributed by atoms with Gasteiger partial charge in [-0.05, 0) is 12.2 Å². The molecule has 0 saturated carbocycles. The summed E-state index contributed by atoms with van der Waals surface area (Å²) in [5, 5.41) is 8.71. The highest BCUT2D eigenvalue weighted by atomic mass is 32.2. The molecule has 3 N–H and O–H groups in total. The SMILES string of the molecule is N[C@H]1C(=O)N2[C@@H](C(=O)O)CCS[C@@H]12. The molecule has 0 aromatic heterocycles. The standard InChI is InChI=1S/C7H10N2O3S/c8-4-5(10)9-3(7(11)12)1-2-13-6(4)9/h3-4,6H,1-2,8H2,(H,11,12)/t3-,4+,6+/m1/s1. The van der Waals surface area contributed by atoms with E-state index in [0.717, 1.165) is 5.75 Å². The van der Waals surface area contributed by atoms with Crippen LogP contribution in [0.15, 0.2) is 0 Å². The van der Waals surface area contributed by atoms with Crippen LogP contribution >= 0.6 is 11.8 Å². The lowest BCUT2D eigenvalue weighted by Gasteiger charge is -2.50. The Bertz CT molecular complexity index is 270. The van der Waals surface area contributed by atoms with E-state index in [9.17, 15) is 9.59 Å². The van der Waals surface area contributed by atoms with Crippen LogP contribution in [0, 0.1) is 0 Å². The number of amides is 1. The second-order valence-electron chi connectivity index (χ2n) is 3.18. The van der Waals surface area contributed by atoms with Gasteiger partial charge in [0.1, 0.15) is 17.5 Å². The first kappa shape index (κ1) is 8.83. The average molecular weight is 202 g/mol.